The van der Waals surface area contributed by atoms with E-state index >= 15 is 0 Å². The van der Waals surface area contributed by atoms with Gasteiger partial charge in [0.15, 0.2) is 11.5 Å². The molecule has 36 heavy (non-hydrogen) atoms. The Morgan fingerprint density at radius 1 is 1.17 bits per heavy atom. The largest absolute Gasteiger partial charge is 0.494 e. The zero-order valence-corrected chi connectivity index (χ0v) is 19.7. The van der Waals surface area contributed by atoms with Crippen LogP contribution in [-0.4, -0.2) is 42.0 Å². The van der Waals surface area contributed by atoms with Crippen molar-refractivity contribution in [3.8, 4) is 17.2 Å². The molecule has 12 heteroatoms. The second-order valence-corrected chi connectivity index (χ2v) is 8.60. The standard InChI is InChI=1S/C24H26F3N5O4/c1-12(28)20-19(22(34)30-11-10-29-21(33)13-4-3-5-13)32-23(36-20)15-6-8-16(35-2)18-14(15)7-9-17(31-18)24(25,26)27/h6-9,12-13H,3-5,10-11,28H2,1-2H3,(H,29,33)(H,30,34)/t12-/m0/s1. The Balaban J connectivity index is 1.60. The third-order valence-electron chi connectivity index (χ3n) is 6.03. The second kappa shape index (κ2) is 10.1. The molecule has 0 aliphatic heterocycles. The number of hydrogen-bond donors (Lipinski definition) is 3. The number of oxazole rings is 1. The molecule has 0 saturated heterocycles. The van der Waals surface area contributed by atoms with Crippen molar-refractivity contribution >= 4 is 22.7 Å². The maximum absolute atomic E-state index is 13.2. The van der Waals surface area contributed by atoms with Gasteiger partial charge >= 0.3 is 6.18 Å². The van der Waals surface area contributed by atoms with E-state index in [2.05, 4.69) is 20.6 Å². The van der Waals surface area contributed by atoms with Crippen molar-refractivity contribution in [2.45, 2.75) is 38.4 Å². The molecule has 0 radical (unpaired) electrons. The molecule has 0 spiro atoms. The highest BCUT2D eigenvalue weighted by molar-refractivity contribution is 5.98. The van der Waals surface area contributed by atoms with Crippen molar-refractivity contribution in [2.24, 2.45) is 11.7 Å². The number of nitrogens with one attached hydrogen (secondary N) is 2. The molecule has 2 heterocycles. The van der Waals surface area contributed by atoms with E-state index in [1.165, 1.54) is 19.2 Å². The zero-order valence-electron chi connectivity index (χ0n) is 19.7. The average Bonchev–Trinajstić information content (AvgIpc) is 3.24. The van der Waals surface area contributed by atoms with Gasteiger partial charge in [-0.3, -0.25) is 9.59 Å². The van der Waals surface area contributed by atoms with Gasteiger partial charge in [0.05, 0.1) is 13.2 Å². The number of pyridine rings is 1. The van der Waals surface area contributed by atoms with Crippen LogP contribution in [0.4, 0.5) is 13.2 Å². The first-order valence-corrected chi connectivity index (χ1v) is 11.5. The van der Waals surface area contributed by atoms with Crippen molar-refractivity contribution in [3.05, 3.63) is 41.4 Å². The number of alkyl halides is 3. The predicted molar refractivity (Wildman–Crippen MR) is 124 cm³/mol. The summed E-state index contributed by atoms with van der Waals surface area (Å²) in [5.74, 6) is -0.273. The summed E-state index contributed by atoms with van der Waals surface area (Å²) in [6, 6.07) is 4.43. The number of carbonyl (C=O) groups excluding carboxylic acids is 2. The number of methoxy groups -OCH3 is 1. The number of aromatic nitrogens is 2. The minimum Gasteiger partial charge on any atom is -0.494 e. The van der Waals surface area contributed by atoms with Crippen molar-refractivity contribution in [3.63, 3.8) is 0 Å². The summed E-state index contributed by atoms with van der Waals surface area (Å²) in [5.41, 5.74) is 5.16. The van der Waals surface area contributed by atoms with Crippen LogP contribution in [0.25, 0.3) is 22.4 Å². The van der Waals surface area contributed by atoms with E-state index < -0.39 is 23.8 Å². The molecule has 3 aromatic rings. The first-order valence-electron chi connectivity index (χ1n) is 11.5. The Kier molecular flexibility index (Phi) is 7.16. The smallest absolute Gasteiger partial charge is 0.433 e. The number of carbonyl (C=O) groups is 2. The van der Waals surface area contributed by atoms with Crippen LogP contribution in [0, 0.1) is 5.92 Å². The van der Waals surface area contributed by atoms with Gasteiger partial charge in [-0.1, -0.05) is 6.42 Å². The molecule has 1 fully saturated rings. The van der Waals surface area contributed by atoms with Crippen LogP contribution < -0.4 is 21.1 Å². The topological polar surface area (TPSA) is 132 Å². The fourth-order valence-corrected chi connectivity index (χ4v) is 3.88. The minimum atomic E-state index is -4.64. The summed E-state index contributed by atoms with van der Waals surface area (Å²) in [7, 11) is 1.33. The molecule has 4 N–H and O–H groups in total. The van der Waals surface area contributed by atoms with E-state index in [1.54, 1.807) is 13.0 Å². The van der Waals surface area contributed by atoms with Crippen molar-refractivity contribution in [1.82, 2.24) is 20.6 Å². The molecule has 1 aromatic carbocycles. The fraction of sp³-hybridized carbons (Fsp3) is 0.417. The highest BCUT2D eigenvalue weighted by atomic mass is 19.4. The second-order valence-electron chi connectivity index (χ2n) is 8.60. The quantitative estimate of drug-likeness (QED) is 0.399. The van der Waals surface area contributed by atoms with Crippen LogP contribution >= 0.6 is 0 Å². The lowest BCUT2D eigenvalue weighted by atomic mass is 9.85. The normalized spacial score (nSPS) is 14.8. The van der Waals surface area contributed by atoms with Gasteiger partial charge in [0.2, 0.25) is 11.8 Å². The Morgan fingerprint density at radius 2 is 1.89 bits per heavy atom. The van der Waals surface area contributed by atoms with Gasteiger partial charge in [0.1, 0.15) is 17.0 Å². The van der Waals surface area contributed by atoms with Crippen molar-refractivity contribution < 1.29 is 31.9 Å². The van der Waals surface area contributed by atoms with Gasteiger partial charge in [0, 0.05) is 30.0 Å². The zero-order chi connectivity index (χ0) is 26.0. The monoisotopic (exact) mass is 505 g/mol. The molecule has 0 bridgehead atoms. The summed E-state index contributed by atoms with van der Waals surface area (Å²) in [6.07, 6.45) is -1.83. The Hall–Kier alpha value is -3.67. The van der Waals surface area contributed by atoms with Crippen LogP contribution in [0.5, 0.6) is 5.75 Å². The van der Waals surface area contributed by atoms with Gasteiger partial charge in [-0.15, -0.1) is 0 Å². The SMILES string of the molecule is COc1ccc(-c2nc(C(=O)NCCNC(=O)C3CCC3)c([C@H](C)N)o2)c2ccc(C(F)(F)F)nc12. The van der Waals surface area contributed by atoms with Gasteiger partial charge < -0.3 is 25.5 Å². The number of hydrogen-bond acceptors (Lipinski definition) is 7. The van der Waals surface area contributed by atoms with E-state index in [-0.39, 0.29) is 53.5 Å². The molecular formula is C24H26F3N5O4. The summed E-state index contributed by atoms with van der Waals surface area (Å²) in [4.78, 5) is 32.8. The van der Waals surface area contributed by atoms with E-state index in [1.807, 2.05) is 0 Å². The van der Waals surface area contributed by atoms with Crippen LogP contribution in [0.1, 0.15) is 54.2 Å². The van der Waals surface area contributed by atoms with Crippen molar-refractivity contribution in [1.29, 1.82) is 0 Å². The first kappa shape index (κ1) is 25.4. The third kappa shape index (κ3) is 5.13. The number of halogens is 3. The number of nitrogens with two attached hydrogens (primary N) is 1. The predicted octanol–water partition coefficient (Wildman–Crippen LogP) is 3.58. The molecule has 4 rings (SSSR count). The number of nitrogens with zero attached hydrogens (tertiary/aromatic N) is 2. The lowest BCUT2D eigenvalue weighted by Gasteiger charge is -2.23. The van der Waals surface area contributed by atoms with Crippen molar-refractivity contribution in [2.75, 3.05) is 20.2 Å². The number of amides is 2. The van der Waals surface area contributed by atoms with Gasteiger partial charge in [-0.2, -0.15) is 13.2 Å². The maximum Gasteiger partial charge on any atom is 0.433 e. The molecule has 192 valence electrons. The minimum absolute atomic E-state index is 0.0000482. The van der Waals surface area contributed by atoms with Gasteiger partial charge in [-0.05, 0) is 44.0 Å². The number of ether oxygens (including phenoxy) is 1. The molecule has 2 aromatic heterocycles. The number of benzene rings is 1. The Bertz CT molecular complexity index is 1280. The lowest BCUT2D eigenvalue weighted by molar-refractivity contribution is -0.141. The summed E-state index contributed by atoms with van der Waals surface area (Å²) in [6.45, 7) is 2.05. The summed E-state index contributed by atoms with van der Waals surface area (Å²) in [5, 5.41) is 5.76. The Morgan fingerprint density at radius 3 is 2.50 bits per heavy atom. The third-order valence-corrected chi connectivity index (χ3v) is 6.03. The van der Waals surface area contributed by atoms with Crippen LogP contribution in [0.2, 0.25) is 0 Å². The average molecular weight is 505 g/mol. The summed E-state index contributed by atoms with van der Waals surface area (Å²) < 4.78 is 50.7. The van der Waals surface area contributed by atoms with Crippen LogP contribution in [0.15, 0.2) is 28.7 Å². The Labute approximate surface area is 204 Å². The molecule has 2 amide bonds. The van der Waals surface area contributed by atoms with Gasteiger partial charge in [-0.25, -0.2) is 9.97 Å². The molecule has 1 atom stereocenters. The molecule has 0 unspecified atom stereocenters. The lowest BCUT2D eigenvalue weighted by Crippen LogP contribution is -2.39. The fourth-order valence-electron chi connectivity index (χ4n) is 3.88. The van der Waals surface area contributed by atoms with E-state index in [9.17, 15) is 22.8 Å². The molecule has 1 saturated carbocycles. The summed E-state index contributed by atoms with van der Waals surface area (Å²) >= 11 is 0. The molecule has 9 nitrogen and oxygen atoms in total. The maximum atomic E-state index is 13.2. The van der Waals surface area contributed by atoms with Crippen LogP contribution in [-0.2, 0) is 11.0 Å². The first-order chi connectivity index (χ1) is 17.1. The highest BCUT2D eigenvalue weighted by Crippen LogP contribution is 2.37. The van der Waals surface area contributed by atoms with E-state index in [0.717, 1.165) is 25.3 Å². The number of fused-ring (bicyclic) bond motifs is 1. The van der Waals surface area contributed by atoms with Gasteiger partial charge in [0.25, 0.3) is 5.91 Å². The highest BCUT2D eigenvalue weighted by Gasteiger charge is 2.33. The van der Waals surface area contributed by atoms with E-state index in [4.69, 9.17) is 14.9 Å². The molecular weight excluding hydrogens is 479 g/mol. The molecule has 1 aliphatic carbocycles. The number of rotatable bonds is 8. The van der Waals surface area contributed by atoms with E-state index in [0.29, 0.717) is 10.9 Å². The molecule has 1 aliphatic rings. The van der Waals surface area contributed by atoms with Crippen LogP contribution in [0.3, 0.4) is 0 Å².